The van der Waals surface area contributed by atoms with Gasteiger partial charge in [-0.05, 0) is 58.0 Å². The first-order valence-electron chi connectivity index (χ1n) is 10.7. The van der Waals surface area contributed by atoms with Crippen molar-refractivity contribution < 1.29 is 14.3 Å². The molecule has 1 aliphatic heterocycles. The Labute approximate surface area is 186 Å². The third-order valence-electron chi connectivity index (χ3n) is 5.58. The van der Waals surface area contributed by atoms with Crippen LogP contribution in [0.15, 0.2) is 42.5 Å². The predicted molar refractivity (Wildman–Crippen MR) is 124 cm³/mol. The number of amides is 1. The topological polar surface area (TPSA) is 71.5 Å². The number of Topliss-reactive ketones (excluding diaryl/α,β-unsaturated/α-hetero) is 1. The fraction of sp³-hybridized carbons (Fsp3) is 0.375. The molecule has 1 aromatic heterocycles. The van der Waals surface area contributed by atoms with Crippen LogP contribution in [0.1, 0.15) is 35.7 Å². The normalized spacial score (nSPS) is 15.2. The van der Waals surface area contributed by atoms with Gasteiger partial charge in [-0.25, -0.2) is 4.98 Å². The Morgan fingerprint density at radius 2 is 1.90 bits per heavy atom. The minimum atomic E-state index is -0.0765. The molecule has 2 heterocycles. The van der Waals surface area contributed by atoms with E-state index in [1.807, 2.05) is 56.3 Å². The molecule has 1 amide bonds. The molecule has 1 aliphatic rings. The van der Waals surface area contributed by atoms with Crippen LogP contribution in [-0.4, -0.2) is 47.8 Å². The largest absolute Gasteiger partial charge is 0.494 e. The number of ketones is 1. The van der Waals surface area contributed by atoms with Gasteiger partial charge in [0.2, 0.25) is 5.91 Å². The van der Waals surface area contributed by atoms with Gasteiger partial charge in [0, 0.05) is 11.5 Å². The van der Waals surface area contributed by atoms with Crippen molar-refractivity contribution in [2.45, 2.75) is 26.7 Å². The minimum Gasteiger partial charge on any atom is -0.494 e. The molecule has 0 spiro atoms. The highest BCUT2D eigenvalue weighted by Crippen LogP contribution is 2.29. The highest BCUT2D eigenvalue weighted by molar-refractivity contribution is 7.22. The van der Waals surface area contributed by atoms with Gasteiger partial charge in [0.05, 0.1) is 23.4 Å². The van der Waals surface area contributed by atoms with E-state index in [1.54, 1.807) is 0 Å². The Hall–Kier alpha value is -2.77. The summed E-state index contributed by atoms with van der Waals surface area (Å²) < 4.78 is 6.51. The molecule has 1 saturated heterocycles. The maximum absolute atomic E-state index is 12.7. The number of piperidine rings is 1. The lowest BCUT2D eigenvalue weighted by Crippen LogP contribution is -2.40. The molecule has 0 bridgehead atoms. The van der Waals surface area contributed by atoms with Crippen LogP contribution in [0, 0.1) is 12.8 Å². The van der Waals surface area contributed by atoms with Gasteiger partial charge in [0.1, 0.15) is 5.75 Å². The van der Waals surface area contributed by atoms with Crippen molar-refractivity contribution in [3.8, 4) is 5.75 Å². The van der Waals surface area contributed by atoms with Gasteiger partial charge in [0.15, 0.2) is 10.9 Å². The second kappa shape index (κ2) is 9.58. The van der Waals surface area contributed by atoms with Crippen LogP contribution in [0.3, 0.4) is 0 Å². The van der Waals surface area contributed by atoms with Crippen LogP contribution in [-0.2, 0) is 4.79 Å². The van der Waals surface area contributed by atoms with Crippen molar-refractivity contribution in [2.24, 2.45) is 5.92 Å². The van der Waals surface area contributed by atoms with Gasteiger partial charge in [0.25, 0.3) is 0 Å². The summed E-state index contributed by atoms with van der Waals surface area (Å²) in [6, 6.07) is 13.5. The molecule has 6 nitrogen and oxygen atoms in total. The fourth-order valence-corrected chi connectivity index (χ4v) is 4.79. The summed E-state index contributed by atoms with van der Waals surface area (Å²) in [6.07, 6.45) is 1.56. The molecular weight excluding hydrogens is 410 g/mol. The van der Waals surface area contributed by atoms with E-state index in [2.05, 4.69) is 15.2 Å². The molecule has 162 valence electrons. The molecule has 0 aliphatic carbocycles. The van der Waals surface area contributed by atoms with E-state index >= 15 is 0 Å². The number of ether oxygens (including phenoxy) is 1. The van der Waals surface area contributed by atoms with Crippen LogP contribution >= 0.6 is 11.3 Å². The van der Waals surface area contributed by atoms with Gasteiger partial charge in [-0.15, -0.1) is 0 Å². The van der Waals surface area contributed by atoms with Crippen molar-refractivity contribution >= 4 is 38.4 Å². The molecule has 1 N–H and O–H groups in total. The average molecular weight is 438 g/mol. The number of aryl methyl sites for hydroxylation is 1. The molecule has 0 saturated carbocycles. The lowest BCUT2D eigenvalue weighted by Gasteiger charge is -2.30. The SMILES string of the molecule is CCOc1ccc2nc(NC(=O)CN3CCC(C(=O)c4ccc(C)cc4)CC3)sc2c1. The molecule has 31 heavy (non-hydrogen) atoms. The van der Waals surface area contributed by atoms with E-state index < -0.39 is 0 Å². The van der Waals surface area contributed by atoms with Crippen LogP contribution in [0.5, 0.6) is 5.75 Å². The third-order valence-corrected chi connectivity index (χ3v) is 6.51. The Morgan fingerprint density at radius 1 is 1.16 bits per heavy atom. The number of carbonyl (C=O) groups excluding carboxylic acids is 2. The number of nitrogens with one attached hydrogen (secondary N) is 1. The Morgan fingerprint density at radius 3 is 2.61 bits per heavy atom. The molecular formula is C24H27N3O3S. The zero-order valence-corrected chi connectivity index (χ0v) is 18.7. The van der Waals surface area contributed by atoms with E-state index in [9.17, 15) is 9.59 Å². The number of rotatable bonds is 7. The van der Waals surface area contributed by atoms with Crippen molar-refractivity contribution in [3.63, 3.8) is 0 Å². The third kappa shape index (κ3) is 5.29. The minimum absolute atomic E-state index is 0.0332. The van der Waals surface area contributed by atoms with E-state index in [0.717, 1.165) is 53.0 Å². The van der Waals surface area contributed by atoms with Crippen LogP contribution in [0.4, 0.5) is 5.13 Å². The smallest absolute Gasteiger partial charge is 0.240 e. The molecule has 0 unspecified atom stereocenters. The number of anilines is 1. The Kier molecular flexibility index (Phi) is 6.63. The van der Waals surface area contributed by atoms with Crippen molar-refractivity contribution in [2.75, 3.05) is 31.6 Å². The first kappa shape index (κ1) is 21.5. The molecule has 4 rings (SSSR count). The van der Waals surface area contributed by atoms with Crippen LogP contribution < -0.4 is 10.1 Å². The second-order valence-electron chi connectivity index (χ2n) is 7.91. The van der Waals surface area contributed by atoms with E-state index in [0.29, 0.717) is 18.3 Å². The molecule has 7 heteroatoms. The van der Waals surface area contributed by atoms with Crippen LogP contribution in [0.2, 0.25) is 0 Å². The molecule has 0 radical (unpaired) electrons. The van der Waals surface area contributed by atoms with E-state index in [-0.39, 0.29) is 17.6 Å². The monoisotopic (exact) mass is 437 g/mol. The first-order valence-corrected chi connectivity index (χ1v) is 11.5. The van der Waals surface area contributed by atoms with E-state index in [1.165, 1.54) is 11.3 Å². The summed E-state index contributed by atoms with van der Waals surface area (Å²) in [6.45, 7) is 6.38. The summed E-state index contributed by atoms with van der Waals surface area (Å²) in [5.41, 5.74) is 2.78. The van der Waals surface area contributed by atoms with Gasteiger partial charge >= 0.3 is 0 Å². The molecule has 3 aromatic rings. The number of hydrogen-bond donors (Lipinski definition) is 1. The number of hydrogen-bond acceptors (Lipinski definition) is 6. The molecule has 1 fully saturated rings. The van der Waals surface area contributed by atoms with E-state index in [4.69, 9.17) is 4.74 Å². The number of likely N-dealkylation sites (tertiary alicyclic amines) is 1. The number of thiazole rings is 1. The number of nitrogens with zero attached hydrogens (tertiary/aromatic N) is 2. The average Bonchev–Trinajstić information content (AvgIpc) is 3.16. The lowest BCUT2D eigenvalue weighted by molar-refractivity contribution is -0.117. The highest BCUT2D eigenvalue weighted by atomic mass is 32.1. The summed E-state index contributed by atoms with van der Waals surface area (Å²) in [7, 11) is 0. The predicted octanol–water partition coefficient (Wildman–Crippen LogP) is 4.54. The summed E-state index contributed by atoms with van der Waals surface area (Å²) >= 11 is 1.44. The Balaban J connectivity index is 1.28. The number of aromatic nitrogens is 1. The van der Waals surface area contributed by atoms with Gasteiger partial charge in [-0.2, -0.15) is 0 Å². The summed E-state index contributed by atoms with van der Waals surface area (Å²) in [5.74, 6) is 0.975. The van der Waals surface area contributed by atoms with Crippen LogP contribution in [0.25, 0.3) is 10.2 Å². The van der Waals surface area contributed by atoms with Crippen molar-refractivity contribution in [3.05, 3.63) is 53.6 Å². The zero-order valence-electron chi connectivity index (χ0n) is 17.9. The maximum Gasteiger partial charge on any atom is 0.240 e. The van der Waals surface area contributed by atoms with Gasteiger partial charge < -0.3 is 10.1 Å². The fourth-order valence-electron chi connectivity index (χ4n) is 3.88. The van der Waals surface area contributed by atoms with Crippen molar-refractivity contribution in [1.29, 1.82) is 0 Å². The quantitative estimate of drug-likeness (QED) is 0.550. The second-order valence-corrected chi connectivity index (χ2v) is 8.94. The number of benzene rings is 2. The summed E-state index contributed by atoms with van der Waals surface area (Å²) in [4.78, 5) is 31.8. The maximum atomic E-state index is 12.7. The molecule has 2 aromatic carbocycles. The lowest BCUT2D eigenvalue weighted by atomic mass is 9.88. The Bertz CT molecular complexity index is 1070. The molecule has 0 atom stereocenters. The number of fused-ring (bicyclic) bond motifs is 1. The van der Waals surface area contributed by atoms with Gasteiger partial charge in [-0.1, -0.05) is 41.2 Å². The van der Waals surface area contributed by atoms with Crippen molar-refractivity contribution in [1.82, 2.24) is 9.88 Å². The standard InChI is InChI=1S/C24H27N3O3S/c1-3-30-19-8-9-20-21(14-19)31-24(25-20)26-22(28)15-27-12-10-18(11-13-27)23(29)17-6-4-16(2)5-7-17/h4-9,14,18H,3,10-13,15H2,1-2H3,(H,25,26,28). The summed E-state index contributed by atoms with van der Waals surface area (Å²) in [5, 5.41) is 3.51. The zero-order chi connectivity index (χ0) is 21.8. The first-order chi connectivity index (χ1) is 15.0. The number of carbonyl (C=O) groups is 2. The van der Waals surface area contributed by atoms with Gasteiger partial charge in [-0.3, -0.25) is 14.5 Å². The highest BCUT2D eigenvalue weighted by Gasteiger charge is 2.26.